The smallest absolute Gasteiger partial charge is 0.119 e. The molecule has 1 aromatic carbocycles. The first-order valence-electron chi connectivity index (χ1n) is 7.73. The van der Waals surface area contributed by atoms with Gasteiger partial charge in [-0.15, -0.1) is 0 Å². The summed E-state index contributed by atoms with van der Waals surface area (Å²) in [5.74, 6) is 1.51. The van der Waals surface area contributed by atoms with Gasteiger partial charge in [0, 0.05) is 19.2 Å². The van der Waals surface area contributed by atoms with E-state index >= 15 is 0 Å². The lowest BCUT2D eigenvalue weighted by Crippen LogP contribution is -2.28. The van der Waals surface area contributed by atoms with Crippen LogP contribution < -0.4 is 10.1 Å². The molecule has 3 heteroatoms. The van der Waals surface area contributed by atoms with E-state index < -0.39 is 0 Å². The van der Waals surface area contributed by atoms with E-state index in [1.807, 2.05) is 6.07 Å². The van der Waals surface area contributed by atoms with E-state index in [9.17, 15) is 0 Å². The molecule has 1 aliphatic heterocycles. The van der Waals surface area contributed by atoms with Crippen molar-refractivity contribution in [2.24, 2.45) is 5.92 Å². The second kappa shape index (κ2) is 7.65. The van der Waals surface area contributed by atoms with Gasteiger partial charge in [0.15, 0.2) is 0 Å². The van der Waals surface area contributed by atoms with Gasteiger partial charge in [0.1, 0.15) is 5.75 Å². The number of hydrogen-bond donors (Lipinski definition) is 1. The van der Waals surface area contributed by atoms with E-state index in [0.29, 0.717) is 18.1 Å². The topological polar surface area (TPSA) is 30.5 Å². The number of benzene rings is 1. The second-order valence-corrected chi connectivity index (χ2v) is 6.04. The van der Waals surface area contributed by atoms with E-state index in [1.165, 1.54) is 18.4 Å². The van der Waals surface area contributed by atoms with Gasteiger partial charge in [-0.3, -0.25) is 0 Å². The average Bonchev–Trinajstić information content (AvgIpc) is 2.96. The van der Waals surface area contributed by atoms with Crippen molar-refractivity contribution in [3.8, 4) is 5.75 Å². The summed E-state index contributed by atoms with van der Waals surface area (Å²) in [4.78, 5) is 0. The van der Waals surface area contributed by atoms with Crippen molar-refractivity contribution in [1.29, 1.82) is 0 Å². The summed E-state index contributed by atoms with van der Waals surface area (Å²) < 4.78 is 11.4. The highest BCUT2D eigenvalue weighted by Gasteiger charge is 2.16. The second-order valence-electron chi connectivity index (χ2n) is 6.04. The third-order valence-electron chi connectivity index (χ3n) is 3.62. The number of ether oxygens (including phenoxy) is 2. The first-order chi connectivity index (χ1) is 9.65. The van der Waals surface area contributed by atoms with E-state index in [0.717, 1.165) is 25.5 Å². The van der Waals surface area contributed by atoms with Gasteiger partial charge in [0.25, 0.3) is 0 Å². The fraction of sp³-hybridized carbons (Fsp3) is 0.647. The largest absolute Gasteiger partial charge is 0.493 e. The van der Waals surface area contributed by atoms with Crippen LogP contribution in [0.2, 0.25) is 0 Å². The Labute approximate surface area is 122 Å². The molecule has 3 nitrogen and oxygen atoms in total. The van der Waals surface area contributed by atoms with E-state index in [-0.39, 0.29) is 0 Å². The molecule has 0 amide bonds. The molecule has 0 bridgehead atoms. The quantitative estimate of drug-likeness (QED) is 0.826. The highest BCUT2D eigenvalue weighted by molar-refractivity contribution is 5.30. The summed E-state index contributed by atoms with van der Waals surface area (Å²) in [5.41, 5.74) is 1.27. The summed E-state index contributed by atoms with van der Waals surface area (Å²) in [6.07, 6.45) is 2.76. The molecule has 0 aliphatic carbocycles. The molecule has 2 rings (SSSR count). The van der Waals surface area contributed by atoms with Gasteiger partial charge < -0.3 is 14.8 Å². The molecule has 1 aliphatic rings. The Morgan fingerprint density at radius 2 is 2.20 bits per heavy atom. The van der Waals surface area contributed by atoms with Crippen molar-refractivity contribution in [3.05, 3.63) is 29.8 Å². The van der Waals surface area contributed by atoms with Crippen molar-refractivity contribution in [3.63, 3.8) is 0 Å². The van der Waals surface area contributed by atoms with E-state index in [2.05, 4.69) is 44.3 Å². The lowest BCUT2D eigenvalue weighted by atomic mass is 10.1. The maximum atomic E-state index is 5.78. The zero-order valence-corrected chi connectivity index (χ0v) is 12.9. The van der Waals surface area contributed by atoms with Crippen LogP contribution in [-0.2, 0) is 4.74 Å². The number of rotatable bonds is 7. The van der Waals surface area contributed by atoms with Crippen molar-refractivity contribution in [2.45, 2.75) is 45.8 Å². The molecule has 1 fully saturated rings. The zero-order valence-electron chi connectivity index (χ0n) is 12.9. The van der Waals surface area contributed by atoms with Crippen LogP contribution in [0.1, 0.15) is 45.2 Å². The van der Waals surface area contributed by atoms with Crippen LogP contribution in [0.15, 0.2) is 24.3 Å². The molecule has 1 saturated heterocycles. The molecule has 112 valence electrons. The predicted molar refractivity (Wildman–Crippen MR) is 82.2 cm³/mol. The third-order valence-corrected chi connectivity index (χ3v) is 3.62. The fourth-order valence-corrected chi connectivity index (χ4v) is 2.37. The Kier molecular flexibility index (Phi) is 5.86. The molecule has 0 spiro atoms. The van der Waals surface area contributed by atoms with Crippen LogP contribution in [0.3, 0.4) is 0 Å². The van der Waals surface area contributed by atoms with Gasteiger partial charge in [0.05, 0.1) is 12.7 Å². The van der Waals surface area contributed by atoms with Crippen LogP contribution in [0.25, 0.3) is 0 Å². The highest BCUT2D eigenvalue weighted by Crippen LogP contribution is 2.20. The van der Waals surface area contributed by atoms with E-state index in [4.69, 9.17) is 9.47 Å². The van der Waals surface area contributed by atoms with Gasteiger partial charge in [-0.2, -0.15) is 0 Å². The summed E-state index contributed by atoms with van der Waals surface area (Å²) in [6, 6.07) is 8.70. The zero-order chi connectivity index (χ0) is 14.4. The van der Waals surface area contributed by atoms with Gasteiger partial charge in [0.2, 0.25) is 0 Å². The molecular weight excluding hydrogens is 250 g/mol. The molecule has 1 aromatic rings. The fourth-order valence-electron chi connectivity index (χ4n) is 2.37. The SMILES string of the molecule is CC(C)COc1cccc([C@@H](C)NC[C@@H]2CCCO2)c1. The highest BCUT2D eigenvalue weighted by atomic mass is 16.5. The average molecular weight is 277 g/mol. The lowest BCUT2D eigenvalue weighted by Gasteiger charge is -2.18. The number of nitrogens with one attached hydrogen (secondary N) is 1. The molecule has 0 radical (unpaired) electrons. The van der Waals surface area contributed by atoms with Gasteiger partial charge in [-0.05, 0) is 43.4 Å². The van der Waals surface area contributed by atoms with E-state index in [1.54, 1.807) is 0 Å². The summed E-state index contributed by atoms with van der Waals surface area (Å²) in [7, 11) is 0. The monoisotopic (exact) mass is 277 g/mol. The summed E-state index contributed by atoms with van der Waals surface area (Å²) >= 11 is 0. The van der Waals surface area contributed by atoms with Gasteiger partial charge >= 0.3 is 0 Å². The normalized spacial score (nSPS) is 20.3. The molecule has 0 saturated carbocycles. The third kappa shape index (κ3) is 4.80. The first kappa shape index (κ1) is 15.3. The molecule has 2 atom stereocenters. The molecular formula is C17H27NO2. The number of hydrogen-bond acceptors (Lipinski definition) is 3. The summed E-state index contributed by atoms with van der Waals surface area (Å²) in [5, 5.41) is 3.55. The molecule has 1 N–H and O–H groups in total. The van der Waals surface area contributed by atoms with Gasteiger partial charge in [-0.25, -0.2) is 0 Å². The Morgan fingerprint density at radius 3 is 2.90 bits per heavy atom. The van der Waals surface area contributed by atoms with Crippen LogP contribution in [0, 0.1) is 5.92 Å². The van der Waals surface area contributed by atoms with Crippen molar-refractivity contribution >= 4 is 0 Å². The minimum absolute atomic E-state index is 0.321. The Hall–Kier alpha value is -1.06. The van der Waals surface area contributed by atoms with Crippen LogP contribution in [0.4, 0.5) is 0 Å². The Balaban J connectivity index is 1.84. The van der Waals surface area contributed by atoms with Crippen LogP contribution >= 0.6 is 0 Å². The minimum atomic E-state index is 0.321. The van der Waals surface area contributed by atoms with Crippen molar-refractivity contribution in [2.75, 3.05) is 19.8 Å². The van der Waals surface area contributed by atoms with Crippen molar-refractivity contribution < 1.29 is 9.47 Å². The minimum Gasteiger partial charge on any atom is -0.493 e. The van der Waals surface area contributed by atoms with Crippen LogP contribution in [-0.4, -0.2) is 25.9 Å². The molecule has 1 heterocycles. The van der Waals surface area contributed by atoms with Crippen LogP contribution in [0.5, 0.6) is 5.75 Å². The maximum absolute atomic E-state index is 5.78. The Morgan fingerprint density at radius 1 is 1.35 bits per heavy atom. The predicted octanol–water partition coefficient (Wildman–Crippen LogP) is 3.55. The summed E-state index contributed by atoms with van der Waals surface area (Å²) in [6.45, 7) is 9.13. The Bertz CT molecular complexity index is 400. The first-order valence-corrected chi connectivity index (χ1v) is 7.73. The molecule has 0 aromatic heterocycles. The molecule has 0 unspecified atom stereocenters. The lowest BCUT2D eigenvalue weighted by molar-refractivity contribution is 0.108. The standard InChI is InChI=1S/C17H27NO2/c1-13(2)12-20-16-7-4-6-15(10-16)14(3)18-11-17-8-5-9-19-17/h4,6-7,10,13-14,17-18H,5,8-9,11-12H2,1-3H3/t14-,17+/m1/s1. The van der Waals surface area contributed by atoms with Gasteiger partial charge in [-0.1, -0.05) is 26.0 Å². The maximum Gasteiger partial charge on any atom is 0.119 e. The molecule has 20 heavy (non-hydrogen) atoms. The van der Waals surface area contributed by atoms with Crippen molar-refractivity contribution in [1.82, 2.24) is 5.32 Å².